The third-order valence-corrected chi connectivity index (χ3v) is 5.61. The Hall–Kier alpha value is -2.52. The summed E-state index contributed by atoms with van der Waals surface area (Å²) in [7, 11) is 0. The highest BCUT2D eigenvalue weighted by Crippen LogP contribution is 2.40. The maximum atomic E-state index is 11.0. The lowest BCUT2D eigenvalue weighted by Crippen LogP contribution is -2.63. The maximum Gasteiger partial charge on any atom is 0.226 e. The number of phenolic OH excluding ortho intramolecular Hbond substituents is 1. The van der Waals surface area contributed by atoms with Crippen LogP contribution >= 0.6 is 0 Å². The summed E-state index contributed by atoms with van der Waals surface area (Å²) >= 11 is 0. The first-order valence-corrected chi connectivity index (χ1v) is 9.69. The van der Waals surface area contributed by atoms with E-state index in [2.05, 4.69) is 0 Å². The summed E-state index contributed by atoms with van der Waals surface area (Å²) in [6.07, 6.45) is -6.14. The second-order valence-electron chi connectivity index (χ2n) is 7.67. The maximum absolute atomic E-state index is 11.0. The molecule has 1 heterocycles. The second-order valence-corrected chi connectivity index (χ2v) is 7.67. The van der Waals surface area contributed by atoms with E-state index in [-0.39, 0.29) is 11.3 Å². The number of hydrogen-bond acceptors (Lipinski definition) is 7. The zero-order chi connectivity index (χ0) is 21.5. The van der Waals surface area contributed by atoms with Crippen LogP contribution in [0.1, 0.15) is 16.7 Å². The molecule has 0 unspecified atom stereocenters. The predicted octanol–water partition coefficient (Wildman–Crippen LogP) is 0.707. The fraction of sp³-hybridized carbons (Fsp3) is 0.304. The number of hydrogen-bond donors (Lipinski definition) is 6. The van der Waals surface area contributed by atoms with Gasteiger partial charge in [0, 0.05) is 0 Å². The molecule has 0 aromatic heterocycles. The van der Waals surface area contributed by atoms with Crippen LogP contribution in [0.3, 0.4) is 0 Å². The van der Waals surface area contributed by atoms with Crippen molar-refractivity contribution in [3.8, 4) is 16.9 Å². The lowest BCUT2D eigenvalue weighted by Gasteiger charge is -2.45. The van der Waals surface area contributed by atoms with Crippen molar-refractivity contribution < 1.29 is 35.4 Å². The van der Waals surface area contributed by atoms with Crippen molar-refractivity contribution in [1.82, 2.24) is 0 Å². The number of fused-ring (bicyclic) bond motifs is 1. The van der Waals surface area contributed by atoms with E-state index in [0.717, 1.165) is 22.3 Å². The molecule has 2 aliphatic carbocycles. The van der Waals surface area contributed by atoms with Crippen LogP contribution in [0, 0.1) is 0 Å². The molecule has 0 spiro atoms. The number of aliphatic hydroxyl groups excluding tert-OH is 4. The minimum atomic E-state index is -2.50. The molecular formula is C23H24O7. The molecule has 0 amide bonds. The molecular weight excluding hydrogens is 388 g/mol. The van der Waals surface area contributed by atoms with Crippen LogP contribution in [0.2, 0.25) is 0 Å². The van der Waals surface area contributed by atoms with Gasteiger partial charge in [-0.2, -0.15) is 0 Å². The lowest BCUT2D eigenvalue weighted by molar-refractivity contribution is -0.358. The molecule has 1 aromatic rings. The Morgan fingerprint density at radius 1 is 0.833 bits per heavy atom. The quantitative estimate of drug-likeness (QED) is 0.372. The number of phenols is 1. The molecule has 1 aliphatic heterocycles. The first-order valence-electron chi connectivity index (χ1n) is 9.69. The van der Waals surface area contributed by atoms with Gasteiger partial charge in [0.1, 0.15) is 30.2 Å². The van der Waals surface area contributed by atoms with Gasteiger partial charge in [-0.1, -0.05) is 48.5 Å². The highest BCUT2D eigenvalue weighted by atomic mass is 16.7. The molecule has 0 bridgehead atoms. The van der Waals surface area contributed by atoms with Crippen molar-refractivity contribution in [2.75, 3.05) is 6.61 Å². The topological polar surface area (TPSA) is 131 Å². The Kier molecular flexibility index (Phi) is 5.50. The number of benzene rings is 1. The normalized spacial score (nSPS) is 29.2. The number of ether oxygens (including phenoxy) is 1. The molecule has 5 atom stereocenters. The van der Waals surface area contributed by atoms with Gasteiger partial charge >= 0.3 is 0 Å². The summed E-state index contributed by atoms with van der Waals surface area (Å²) in [5.41, 5.74) is 3.77. The van der Waals surface area contributed by atoms with Crippen molar-refractivity contribution in [2.24, 2.45) is 0 Å². The summed E-state index contributed by atoms with van der Waals surface area (Å²) in [4.78, 5) is 0. The van der Waals surface area contributed by atoms with Crippen LogP contribution in [0.15, 0.2) is 60.7 Å². The van der Waals surface area contributed by atoms with E-state index in [1.807, 2.05) is 42.5 Å². The number of rotatable bonds is 4. The molecule has 7 heteroatoms. The fourth-order valence-corrected chi connectivity index (χ4v) is 3.97. The smallest absolute Gasteiger partial charge is 0.226 e. The molecule has 4 rings (SSSR count). The van der Waals surface area contributed by atoms with Crippen LogP contribution in [0.5, 0.6) is 5.75 Å². The third kappa shape index (κ3) is 3.56. The van der Waals surface area contributed by atoms with Crippen LogP contribution in [-0.2, 0) is 16.9 Å². The molecule has 30 heavy (non-hydrogen) atoms. The zero-order valence-corrected chi connectivity index (χ0v) is 16.1. The Balaban J connectivity index is 1.68. The summed E-state index contributed by atoms with van der Waals surface area (Å²) in [5, 5.41) is 61.1. The lowest BCUT2D eigenvalue weighted by atomic mass is 9.87. The Bertz CT molecular complexity index is 974. The molecule has 3 aliphatic rings. The number of aliphatic hydroxyl groups is 5. The van der Waals surface area contributed by atoms with Gasteiger partial charge in [-0.05, 0) is 40.8 Å². The van der Waals surface area contributed by atoms with Gasteiger partial charge in [-0.25, -0.2) is 0 Å². The minimum absolute atomic E-state index is 0.153. The molecule has 1 saturated heterocycles. The van der Waals surface area contributed by atoms with E-state index in [0.29, 0.717) is 6.42 Å². The van der Waals surface area contributed by atoms with Gasteiger partial charge in [-0.3, -0.25) is 0 Å². The highest BCUT2D eigenvalue weighted by Gasteiger charge is 2.54. The monoisotopic (exact) mass is 412 g/mol. The van der Waals surface area contributed by atoms with Gasteiger partial charge in [0.15, 0.2) is 0 Å². The SMILES string of the molecule is OC[C@H]1O[C@](O)(c2cc(Cc3cc4cccccc-4c3)ccc2O)[C@H](O)[C@@H](O)[C@@H]1O. The molecule has 0 radical (unpaired) electrons. The molecule has 1 fully saturated rings. The van der Waals surface area contributed by atoms with E-state index in [1.54, 1.807) is 6.07 Å². The first kappa shape index (κ1) is 20.7. The van der Waals surface area contributed by atoms with Gasteiger partial charge in [0.25, 0.3) is 0 Å². The largest absolute Gasteiger partial charge is 0.507 e. The molecule has 158 valence electrons. The summed E-state index contributed by atoms with van der Waals surface area (Å²) in [6, 6.07) is 18.5. The van der Waals surface area contributed by atoms with E-state index in [1.165, 1.54) is 12.1 Å². The van der Waals surface area contributed by atoms with E-state index in [9.17, 15) is 30.6 Å². The summed E-state index contributed by atoms with van der Waals surface area (Å²) < 4.78 is 5.33. The van der Waals surface area contributed by atoms with E-state index < -0.39 is 36.8 Å². The average molecular weight is 412 g/mol. The second kappa shape index (κ2) is 7.96. The average Bonchev–Trinajstić information content (AvgIpc) is 2.98. The van der Waals surface area contributed by atoms with Gasteiger partial charge in [0.2, 0.25) is 5.79 Å². The Morgan fingerprint density at radius 2 is 1.50 bits per heavy atom. The van der Waals surface area contributed by atoms with Crippen molar-refractivity contribution in [1.29, 1.82) is 0 Å². The number of aromatic hydroxyl groups is 1. The highest BCUT2D eigenvalue weighted by molar-refractivity contribution is 5.68. The van der Waals surface area contributed by atoms with Gasteiger partial charge in [0.05, 0.1) is 12.2 Å². The summed E-state index contributed by atoms with van der Waals surface area (Å²) in [6.45, 7) is -0.689. The molecule has 6 N–H and O–H groups in total. The molecule has 7 nitrogen and oxygen atoms in total. The van der Waals surface area contributed by atoms with Crippen molar-refractivity contribution >= 4 is 0 Å². The van der Waals surface area contributed by atoms with Crippen molar-refractivity contribution in [2.45, 2.75) is 36.6 Å². The molecule has 1 aromatic carbocycles. The van der Waals surface area contributed by atoms with Crippen LogP contribution in [0.25, 0.3) is 11.1 Å². The van der Waals surface area contributed by atoms with Crippen LogP contribution in [0.4, 0.5) is 0 Å². The van der Waals surface area contributed by atoms with Gasteiger partial charge < -0.3 is 35.4 Å². The molecule has 0 saturated carbocycles. The van der Waals surface area contributed by atoms with Crippen molar-refractivity contribution in [3.05, 3.63) is 77.4 Å². The standard InChI is InChI=1S/C23H24O7/c24-12-19-20(26)21(27)22(28)23(29,30-19)17-11-13(6-7-18(17)25)8-14-9-15-4-2-1-3-5-16(15)10-14/h1-7,9-11,19-22,24-29H,8,12H2/t19-,20-,21+,22-,23-/m1/s1. The Morgan fingerprint density at radius 3 is 2.13 bits per heavy atom. The van der Waals surface area contributed by atoms with Crippen molar-refractivity contribution in [3.63, 3.8) is 0 Å². The third-order valence-electron chi connectivity index (χ3n) is 5.61. The van der Waals surface area contributed by atoms with E-state index >= 15 is 0 Å². The van der Waals surface area contributed by atoms with Crippen LogP contribution in [-0.4, -0.2) is 61.7 Å². The minimum Gasteiger partial charge on any atom is -0.507 e. The zero-order valence-electron chi connectivity index (χ0n) is 16.1. The van der Waals surface area contributed by atoms with Crippen LogP contribution < -0.4 is 0 Å². The Labute approximate surface area is 173 Å². The predicted molar refractivity (Wildman–Crippen MR) is 108 cm³/mol. The summed E-state index contributed by atoms with van der Waals surface area (Å²) in [5.74, 6) is -2.85. The van der Waals surface area contributed by atoms with Gasteiger partial charge in [-0.15, -0.1) is 0 Å². The first-order chi connectivity index (χ1) is 14.3. The fourth-order valence-electron chi connectivity index (χ4n) is 3.97. The van der Waals surface area contributed by atoms with E-state index in [4.69, 9.17) is 4.74 Å².